The van der Waals surface area contributed by atoms with E-state index in [4.69, 9.17) is 18.9 Å². The Balaban J connectivity index is 0.000000150. The molecule has 4 aliphatic heterocycles. The van der Waals surface area contributed by atoms with Gasteiger partial charge in [0.15, 0.2) is 23.0 Å². The zero-order valence-corrected chi connectivity index (χ0v) is 72.1. The number of halogens is 1. The molecule has 0 bridgehead atoms. The first-order valence-corrected chi connectivity index (χ1v) is 71.2. The summed E-state index contributed by atoms with van der Waals surface area (Å²) in [6.45, 7) is 0.548. The lowest BCUT2D eigenvalue weighted by atomic mass is 10.1. The topological polar surface area (TPSA) is 52.2 Å². The van der Waals surface area contributed by atoms with Crippen LogP contribution in [0.15, 0.2) is 206 Å². The molecule has 12 rings (SSSR count). The summed E-state index contributed by atoms with van der Waals surface area (Å²) in [5.41, 5.74) is 5.12. The van der Waals surface area contributed by atoms with Crippen molar-refractivity contribution in [3.8, 4) is 46.0 Å². The summed E-state index contributed by atoms with van der Waals surface area (Å²) in [6.07, 6.45) is 0. The maximum absolute atomic E-state index is 6.21. The van der Waals surface area contributed by atoms with Crippen LogP contribution in [-0.2, 0) is 0 Å². The van der Waals surface area contributed by atoms with E-state index in [0.29, 0.717) is 0 Å². The molecule has 0 spiro atoms. The van der Waals surface area contributed by atoms with E-state index in [1.165, 1.54) is 4.90 Å². The van der Waals surface area contributed by atoms with Gasteiger partial charge in [0.2, 0.25) is 0 Å². The third-order valence-electron chi connectivity index (χ3n) is 11.4. The Bertz CT molecular complexity index is 3310. The maximum atomic E-state index is 6.21. The second kappa shape index (κ2) is 36.0. The number of fused-ring (bicyclic) bond motifs is 8. The molecule has 0 aromatic heterocycles. The van der Waals surface area contributed by atoms with E-state index in [2.05, 4.69) is 191 Å². The van der Waals surface area contributed by atoms with E-state index in [-0.39, 0.29) is 84.3 Å². The molecule has 0 aliphatic carbocycles. The van der Waals surface area contributed by atoms with Gasteiger partial charge in [-0.15, -0.1) is 116 Å². The van der Waals surface area contributed by atoms with Crippen LogP contribution in [0.1, 0.15) is 7.43 Å². The average molecular weight is 1660 g/mol. The fourth-order valence-corrected chi connectivity index (χ4v) is 325. The van der Waals surface area contributed by atoms with Crippen LogP contribution in [-0.4, -0.2) is 0 Å². The molecule has 1 N–H and O–H groups in total. The average Bonchev–Trinajstić information content (AvgIpc) is 3.50. The molecule has 4 aliphatic rings. The van der Waals surface area contributed by atoms with Gasteiger partial charge in [-0.25, -0.2) is 0 Å². The SMILES string of the molecule is Brc1ccc2c(c1)Oc1ccccc1S2.C.PPP(P(P)P)P(P(P)P)P(P(P(P)P)P(P)P)P(P(P)P)P(P)P.c1ccc2c(c1)Nc1ccccc1O2.c1ccc2c(c1)Oc1cc(N3c4ccccc4Oc4ccccc43)ccc1S2. The van der Waals surface area contributed by atoms with E-state index in [0.717, 1.165) is 102 Å². The van der Waals surface area contributed by atoms with Crippen LogP contribution in [0.4, 0.5) is 28.4 Å². The van der Waals surface area contributed by atoms with Crippen molar-refractivity contribution >= 4 is 269 Å². The van der Waals surface area contributed by atoms with Crippen LogP contribution in [0, 0.1) is 0 Å². The highest BCUT2D eigenvalue weighted by atomic mass is 79.9. The molecule has 436 valence electrons. The van der Waals surface area contributed by atoms with Gasteiger partial charge in [0.25, 0.3) is 0 Å². The Morgan fingerprint density at radius 1 is 0.373 bits per heavy atom. The van der Waals surface area contributed by atoms with Crippen LogP contribution in [0.3, 0.4) is 0 Å². The van der Waals surface area contributed by atoms with Crippen molar-refractivity contribution < 1.29 is 18.9 Å². The summed E-state index contributed by atoms with van der Waals surface area (Å²) in [6, 6.07) is 60.7. The molecule has 8 aromatic rings. The second-order valence-corrected chi connectivity index (χ2v) is 118. The zero-order valence-electron chi connectivity index (χ0n) is 43.0. The molecule has 6 nitrogen and oxygen atoms in total. The maximum Gasteiger partial charge on any atom is 0.151 e. The molecule has 34 heteroatoms. The lowest BCUT2D eigenvalue weighted by molar-refractivity contribution is 0.454. The summed E-state index contributed by atoms with van der Waals surface area (Å²) in [4.78, 5) is 6.83. The van der Waals surface area contributed by atoms with Gasteiger partial charge in [0.1, 0.15) is 23.0 Å². The van der Waals surface area contributed by atoms with Gasteiger partial charge in [-0.3, -0.25) is 0 Å². The molecule has 16 atom stereocenters. The molecular weight excluding hydrogens is 1600 g/mol. The van der Waals surface area contributed by atoms with E-state index in [9.17, 15) is 0 Å². The number of hydrogen-bond acceptors (Lipinski definition) is 8. The molecule has 0 radical (unpaired) electrons. The Morgan fingerprint density at radius 3 is 1.18 bits per heavy atom. The number of para-hydroxylation sites is 10. The molecule has 0 saturated heterocycles. The summed E-state index contributed by atoms with van der Waals surface area (Å²) in [5, 5.41) is 3.32. The molecule has 8 aromatic carbocycles. The number of hydrogen-bond donors (Lipinski definition) is 1. The Labute approximate surface area is 551 Å². The van der Waals surface area contributed by atoms with E-state index >= 15 is 0 Å². The van der Waals surface area contributed by atoms with Gasteiger partial charge in [-0.2, -0.15) is 0 Å². The highest BCUT2D eigenvalue weighted by Gasteiger charge is 2.46. The lowest BCUT2D eigenvalue weighted by Gasteiger charge is -2.49. The standard InChI is InChI=1S/C24H15NO2S.C12H7BrOS.C12H9NO.CH4.H27P25/c1-3-9-19-17(7-1)25(18-8-2-4-10-20(18)26-19)16-13-14-24-22(15-16)27-21-11-5-6-12-23(21)28-24;13-8-5-6-12-10(7-8)14-9-3-1-2-4-11(9)15-12;1-3-7-11-9(5-1)13-10-6-2-4-8-12(10)14-11;;1-14-21(15(2)3)24(20(12)13)25(22(16(4)5)17(6)7)23(18(8)9)19(10)11/h1-15H;1-7H;1-8,13H;1H4;14H,1-13H2. The van der Waals surface area contributed by atoms with Crippen LogP contribution in [0.2, 0.25) is 0 Å². The quantitative estimate of drug-likeness (QED) is 0.121. The van der Waals surface area contributed by atoms with Crippen molar-refractivity contribution in [3.63, 3.8) is 0 Å². The van der Waals surface area contributed by atoms with Crippen molar-refractivity contribution in [2.24, 2.45) is 0 Å². The first kappa shape index (κ1) is 73.3. The first-order valence-electron chi connectivity index (χ1n) is 23.9. The predicted octanol–water partition coefficient (Wildman–Crippen LogP) is 30.7. The van der Waals surface area contributed by atoms with Crippen LogP contribution in [0.5, 0.6) is 46.0 Å². The molecule has 83 heavy (non-hydrogen) atoms. The van der Waals surface area contributed by atoms with Gasteiger partial charge < -0.3 is 29.2 Å². The van der Waals surface area contributed by atoms with Crippen molar-refractivity contribution in [2.75, 3.05) is 10.2 Å². The predicted molar refractivity (Wildman–Crippen MR) is 450 cm³/mol. The molecule has 4 heterocycles. The Morgan fingerprint density at radius 2 is 0.735 bits per heavy atom. The van der Waals surface area contributed by atoms with Crippen LogP contribution < -0.4 is 29.2 Å². The molecule has 0 fully saturated rings. The van der Waals surface area contributed by atoms with Gasteiger partial charge in [-0.05, 0) is 180 Å². The summed E-state index contributed by atoms with van der Waals surface area (Å²) < 4.78 is 24.9. The zero-order chi connectivity index (χ0) is 58.2. The Hall–Kier alpha value is 4.49. The number of nitrogens with zero attached hydrogens (tertiary/aromatic N) is 1. The highest BCUT2D eigenvalue weighted by molar-refractivity contribution is 9.40. The van der Waals surface area contributed by atoms with Gasteiger partial charge in [0, 0.05) is 10.5 Å². The van der Waals surface area contributed by atoms with Crippen molar-refractivity contribution in [1.82, 2.24) is 0 Å². The number of nitrogens with one attached hydrogen (secondary N) is 1. The van der Waals surface area contributed by atoms with Crippen molar-refractivity contribution in [2.45, 2.75) is 27.0 Å². The summed E-state index contributed by atoms with van der Waals surface area (Å²) in [5.74, 6) is 7.10. The minimum Gasteiger partial charge on any atom is -0.455 e. The lowest BCUT2D eigenvalue weighted by Crippen LogP contribution is -2.15. The van der Waals surface area contributed by atoms with Gasteiger partial charge >= 0.3 is 0 Å². The van der Waals surface area contributed by atoms with Crippen LogP contribution >= 0.6 is 240 Å². The largest absolute Gasteiger partial charge is 0.455 e. The van der Waals surface area contributed by atoms with Crippen molar-refractivity contribution in [3.05, 3.63) is 186 Å². The number of rotatable bonds is 12. The van der Waals surface area contributed by atoms with E-state index in [1.807, 2.05) is 133 Å². The van der Waals surface area contributed by atoms with Crippen molar-refractivity contribution in [1.29, 1.82) is 0 Å². The normalized spacial score (nSPS) is 13.8. The molecule has 0 amide bonds. The third-order valence-corrected chi connectivity index (χ3v) is 175. The fraction of sp³-hybridized carbons (Fsp3) is 0.0204. The van der Waals surface area contributed by atoms with E-state index < -0.39 is 0 Å². The number of anilines is 5. The first-order chi connectivity index (χ1) is 39.5. The second-order valence-electron chi connectivity index (χ2n) is 16.9. The smallest absolute Gasteiger partial charge is 0.151 e. The Kier molecular flexibility index (Phi) is 31.8. The van der Waals surface area contributed by atoms with Gasteiger partial charge in [-0.1, -0.05) is 128 Å². The number of benzene rings is 8. The summed E-state index contributed by atoms with van der Waals surface area (Å²) in [7, 11) is 43.0. The fourth-order valence-electron chi connectivity index (χ4n) is 8.02. The highest BCUT2D eigenvalue weighted by Crippen LogP contribution is 3.34. The van der Waals surface area contributed by atoms with Gasteiger partial charge in [0.05, 0.1) is 48.0 Å². The van der Waals surface area contributed by atoms with Crippen LogP contribution in [0.25, 0.3) is 0 Å². The third kappa shape index (κ3) is 19.4. The molecule has 16 unspecified atom stereocenters. The van der Waals surface area contributed by atoms with E-state index in [1.54, 1.807) is 23.5 Å². The minimum absolute atomic E-state index is 0. The summed E-state index contributed by atoms with van der Waals surface area (Å²) >= 11 is 6.93. The number of ether oxygens (including phenoxy) is 4. The molecule has 0 saturated carbocycles. The molecular formula is C49H62BrN2O4P25S2. The monoisotopic (exact) mass is 1660 g/mol. The minimum atomic E-state index is -0.00868.